The van der Waals surface area contributed by atoms with Gasteiger partial charge in [0, 0.05) is 0 Å². The summed E-state index contributed by atoms with van der Waals surface area (Å²) in [7, 11) is 1.55. The first-order chi connectivity index (χ1) is 13.3. The number of methoxy groups -OCH3 is 1. The van der Waals surface area contributed by atoms with Gasteiger partial charge in [-0.3, -0.25) is 9.69 Å². The number of benzene rings is 2. The molecule has 1 aliphatic rings. The van der Waals surface area contributed by atoms with Crippen LogP contribution >= 0.6 is 23.4 Å². The molecule has 5 nitrogen and oxygen atoms in total. The largest absolute Gasteiger partial charge is 0.497 e. The molecule has 2 aromatic carbocycles. The van der Waals surface area contributed by atoms with E-state index >= 15 is 0 Å². The number of hydrogen-bond donors (Lipinski definition) is 0. The van der Waals surface area contributed by atoms with Gasteiger partial charge in [-0.15, -0.1) is 5.10 Å². The lowest BCUT2D eigenvalue weighted by Crippen LogP contribution is -2.29. The van der Waals surface area contributed by atoms with E-state index in [-0.39, 0.29) is 21.6 Å². The molecule has 0 bridgehead atoms. The van der Waals surface area contributed by atoms with Gasteiger partial charge in [0.05, 0.1) is 35.4 Å². The Morgan fingerprint density at radius 2 is 1.93 bits per heavy atom. The number of carbonyl (C=O) groups is 1. The number of rotatable bonds is 4. The molecule has 0 aliphatic carbocycles. The van der Waals surface area contributed by atoms with Crippen LogP contribution < -0.4 is 9.64 Å². The van der Waals surface area contributed by atoms with Crippen molar-refractivity contribution < 1.29 is 22.7 Å². The third-order valence-electron chi connectivity index (χ3n) is 3.75. The third kappa shape index (κ3) is 4.48. The number of amidine groups is 1. The number of anilines is 1. The Kier molecular flexibility index (Phi) is 5.95. The van der Waals surface area contributed by atoms with Gasteiger partial charge in [-0.25, -0.2) is 0 Å². The Balaban J connectivity index is 1.89. The van der Waals surface area contributed by atoms with Crippen molar-refractivity contribution in [1.29, 1.82) is 0 Å². The molecular weight excluding hydrogens is 415 g/mol. The Hall–Kier alpha value is -2.52. The Morgan fingerprint density at radius 3 is 2.57 bits per heavy atom. The number of nitrogens with zero attached hydrogens (tertiary/aromatic N) is 3. The van der Waals surface area contributed by atoms with Crippen molar-refractivity contribution in [2.45, 2.75) is 6.18 Å². The van der Waals surface area contributed by atoms with Crippen LogP contribution in [0.3, 0.4) is 0 Å². The molecule has 2 aromatic rings. The van der Waals surface area contributed by atoms with Gasteiger partial charge in [0.1, 0.15) is 5.75 Å². The molecule has 0 N–H and O–H groups in total. The van der Waals surface area contributed by atoms with E-state index in [2.05, 4.69) is 10.2 Å². The summed E-state index contributed by atoms with van der Waals surface area (Å²) >= 11 is 7.11. The molecule has 3 rings (SSSR count). The van der Waals surface area contributed by atoms with Crippen LogP contribution in [0.4, 0.5) is 18.9 Å². The van der Waals surface area contributed by atoms with Gasteiger partial charge >= 0.3 is 6.18 Å². The first-order valence-electron chi connectivity index (χ1n) is 7.87. The van der Waals surface area contributed by atoms with E-state index in [1.54, 1.807) is 31.4 Å². The van der Waals surface area contributed by atoms with Gasteiger partial charge < -0.3 is 4.74 Å². The lowest BCUT2D eigenvalue weighted by Gasteiger charge is -2.18. The molecule has 1 heterocycles. The first kappa shape index (κ1) is 20.2. The minimum Gasteiger partial charge on any atom is -0.497 e. The van der Waals surface area contributed by atoms with Crippen LogP contribution in [0.25, 0.3) is 0 Å². The molecular formula is C18H13ClF3N3O2S. The molecule has 1 aliphatic heterocycles. The number of thioether (sulfide) groups is 1. The summed E-state index contributed by atoms with van der Waals surface area (Å²) in [4.78, 5) is 13.3. The van der Waals surface area contributed by atoms with Crippen molar-refractivity contribution in [1.82, 2.24) is 0 Å². The van der Waals surface area contributed by atoms with Gasteiger partial charge in [0.15, 0.2) is 5.17 Å². The highest BCUT2D eigenvalue weighted by molar-refractivity contribution is 8.15. The van der Waals surface area contributed by atoms with Gasteiger partial charge in [-0.1, -0.05) is 23.4 Å². The van der Waals surface area contributed by atoms with E-state index in [0.717, 1.165) is 40.4 Å². The normalized spacial score (nSPS) is 16.4. The average molecular weight is 428 g/mol. The second-order valence-corrected chi connectivity index (χ2v) is 6.93. The van der Waals surface area contributed by atoms with Gasteiger partial charge in [-0.05, 0) is 48.0 Å². The molecule has 0 unspecified atom stereocenters. The molecule has 0 saturated carbocycles. The molecule has 0 spiro atoms. The van der Waals surface area contributed by atoms with E-state index in [4.69, 9.17) is 16.3 Å². The van der Waals surface area contributed by atoms with Crippen LogP contribution in [0, 0.1) is 0 Å². The average Bonchev–Trinajstić information content (AvgIpc) is 3.02. The van der Waals surface area contributed by atoms with Crippen LogP contribution in [0.1, 0.15) is 11.1 Å². The highest BCUT2D eigenvalue weighted by Crippen LogP contribution is 2.38. The van der Waals surface area contributed by atoms with Crippen LogP contribution in [-0.4, -0.2) is 30.2 Å². The zero-order valence-electron chi connectivity index (χ0n) is 14.4. The Labute approximate surface area is 167 Å². The van der Waals surface area contributed by atoms with Gasteiger partial charge in [-0.2, -0.15) is 18.3 Å². The fraction of sp³-hybridized carbons (Fsp3) is 0.167. The predicted octanol–water partition coefficient (Wildman–Crippen LogP) is 4.84. The molecule has 0 aromatic heterocycles. The van der Waals surface area contributed by atoms with E-state index in [1.807, 2.05) is 0 Å². The van der Waals surface area contributed by atoms with Crippen molar-refractivity contribution >= 4 is 46.3 Å². The molecule has 146 valence electrons. The zero-order chi connectivity index (χ0) is 20.3. The minimum atomic E-state index is -4.56. The Morgan fingerprint density at radius 1 is 1.21 bits per heavy atom. The summed E-state index contributed by atoms with van der Waals surface area (Å²) in [5, 5.41) is 8.08. The van der Waals surface area contributed by atoms with Crippen molar-refractivity contribution in [3.8, 4) is 5.75 Å². The van der Waals surface area contributed by atoms with Crippen LogP contribution in [-0.2, 0) is 11.0 Å². The molecule has 1 saturated heterocycles. The van der Waals surface area contributed by atoms with E-state index in [0.29, 0.717) is 5.75 Å². The number of halogens is 4. The van der Waals surface area contributed by atoms with E-state index < -0.39 is 17.6 Å². The van der Waals surface area contributed by atoms with Crippen LogP contribution in [0.5, 0.6) is 5.75 Å². The quantitative estimate of drug-likeness (QED) is 0.518. The first-order valence-corrected chi connectivity index (χ1v) is 9.23. The van der Waals surface area contributed by atoms with Crippen molar-refractivity contribution in [2.24, 2.45) is 10.2 Å². The number of carbonyl (C=O) groups excluding carboxylic acids is 1. The highest BCUT2D eigenvalue weighted by atomic mass is 35.5. The summed E-state index contributed by atoms with van der Waals surface area (Å²) < 4.78 is 44.1. The standard InChI is InChI=1S/C18H13ClF3N3O2S/c1-27-13-5-2-11(3-6-13)9-23-24-17-25(16(26)10-28-17)15-8-12(18(20,21)22)4-7-14(15)19/h2-9H,10H2,1H3/b23-9-,24-17+. The number of alkyl halides is 3. The highest BCUT2D eigenvalue weighted by Gasteiger charge is 2.35. The topological polar surface area (TPSA) is 54.3 Å². The third-order valence-corrected chi connectivity index (χ3v) is 4.98. The van der Waals surface area contributed by atoms with E-state index in [1.165, 1.54) is 6.21 Å². The van der Waals surface area contributed by atoms with Crippen molar-refractivity contribution in [3.05, 3.63) is 58.6 Å². The molecule has 10 heteroatoms. The Bertz CT molecular complexity index is 946. The second kappa shape index (κ2) is 8.24. The molecule has 28 heavy (non-hydrogen) atoms. The minimum absolute atomic E-state index is 0.00989. The number of ether oxygens (including phenoxy) is 1. The summed E-state index contributed by atoms with van der Waals surface area (Å²) in [5.74, 6) is 0.291. The predicted molar refractivity (Wildman–Crippen MR) is 104 cm³/mol. The van der Waals surface area contributed by atoms with Crippen LogP contribution in [0.2, 0.25) is 5.02 Å². The van der Waals surface area contributed by atoms with Gasteiger partial charge in [0.2, 0.25) is 5.91 Å². The lowest BCUT2D eigenvalue weighted by atomic mass is 10.2. The zero-order valence-corrected chi connectivity index (χ0v) is 16.0. The van der Waals surface area contributed by atoms with Crippen LogP contribution in [0.15, 0.2) is 52.7 Å². The SMILES string of the molecule is COc1ccc(/C=N\N=C2\SCC(=O)N2c2cc(C(F)(F)F)ccc2Cl)cc1. The summed E-state index contributed by atoms with van der Waals surface area (Å²) in [6, 6.07) is 9.81. The fourth-order valence-electron chi connectivity index (χ4n) is 2.37. The molecule has 0 radical (unpaired) electrons. The summed E-state index contributed by atoms with van der Waals surface area (Å²) in [5.41, 5.74) is -0.245. The number of hydrogen-bond acceptors (Lipinski definition) is 5. The maximum absolute atomic E-state index is 13.0. The monoisotopic (exact) mass is 427 g/mol. The maximum atomic E-state index is 13.0. The second-order valence-electron chi connectivity index (χ2n) is 5.58. The van der Waals surface area contributed by atoms with Crippen molar-refractivity contribution in [3.63, 3.8) is 0 Å². The van der Waals surface area contributed by atoms with Crippen molar-refractivity contribution in [2.75, 3.05) is 17.8 Å². The molecule has 1 amide bonds. The fourth-order valence-corrected chi connectivity index (χ4v) is 3.39. The number of amides is 1. The lowest BCUT2D eigenvalue weighted by molar-refractivity contribution is -0.137. The maximum Gasteiger partial charge on any atom is 0.416 e. The van der Waals surface area contributed by atoms with E-state index in [9.17, 15) is 18.0 Å². The summed E-state index contributed by atoms with van der Waals surface area (Å²) in [6.45, 7) is 0. The van der Waals surface area contributed by atoms with Gasteiger partial charge in [0.25, 0.3) is 0 Å². The molecule has 1 fully saturated rings. The smallest absolute Gasteiger partial charge is 0.416 e. The molecule has 0 atom stereocenters. The summed E-state index contributed by atoms with van der Waals surface area (Å²) in [6.07, 6.45) is -3.10.